The second-order valence-corrected chi connectivity index (χ2v) is 11.2. The standard InChI is InChI=1S/C36H30N2O4S/c1-42-35(40)33-32(34(39)29-23-14-24-43-29)37(30(25-15-6-2-7-16-25)26-17-8-3-9-18-26)36(41)38(33)31(27-19-10-4-11-20-27)28-21-12-5-13-22-28/h2-24,30-33H,1H3. The molecule has 0 N–H and O–H groups in total. The van der Waals surface area contributed by atoms with Crippen LogP contribution in [-0.4, -0.2) is 46.8 Å². The van der Waals surface area contributed by atoms with E-state index in [9.17, 15) is 9.59 Å². The van der Waals surface area contributed by atoms with E-state index in [0.29, 0.717) is 4.88 Å². The van der Waals surface area contributed by atoms with Gasteiger partial charge in [-0.15, -0.1) is 11.3 Å². The van der Waals surface area contributed by atoms with E-state index in [0.717, 1.165) is 22.3 Å². The Labute approximate surface area is 254 Å². The number of amides is 2. The quantitative estimate of drug-likeness (QED) is 0.136. The Kier molecular flexibility index (Phi) is 8.16. The largest absolute Gasteiger partial charge is 0.467 e. The Bertz CT molecular complexity index is 1600. The monoisotopic (exact) mass is 586 g/mol. The molecule has 43 heavy (non-hydrogen) atoms. The van der Waals surface area contributed by atoms with Crippen LogP contribution < -0.4 is 0 Å². The fourth-order valence-corrected chi connectivity index (χ4v) is 6.68. The number of hydrogen-bond acceptors (Lipinski definition) is 5. The van der Waals surface area contributed by atoms with Crippen LogP contribution in [0.15, 0.2) is 139 Å². The minimum atomic E-state index is -1.22. The number of ether oxygens (including phenoxy) is 1. The van der Waals surface area contributed by atoms with E-state index in [2.05, 4.69) is 0 Å². The van der Waals surface area contributed by atoms with Crippen molar-refractivity contribution >= 4 is 29.1 Å². The molecule has 1 fully saturated rings. The van der Waals surface area contributed by atoms with Crippen LogP contribution in [0, 0.1) is 0 Å². The van der Waals surface area contributed by atoms with Crippen molar-refractivity contribution in [2.45, 2.75) is 24.2 Å². The number of hydrogen-bond donors (Lipinski definition) is 0. The minimum absolute atomic E-state index is 0.307. The number of Topliss-reactive ketones (excluding diaryl/α,β-unsaturated/α-hetero) is 1. The molecular weight excluding hydrogens is 556 g/mol. The van der Waals surface area contributed by atoms with Gasteiger partial charge in [-0.05, 0) is 33.7 Å². The number of ketones is 1. The summed E-state index contributed by atoms with van der Waals surface area (Å²) in [6, 6.07) is 37.8. The van der Waals surface area contributed by atoms with Crippen molar-refractivity contribution in [3.63, 3.8) is 0 Å². The molecule has 6 rings (SSSR count). The normalized spacial score (nSPS) is 16.6. The van der Waals surface area contributed by atoms with E-state index in [1.807, 2.05) is 127 Å². The second kappa shape index (κ2) is 12.5. The van der Waals surface area contributed by atoms with Gasteiger partial charge >= 0.3 is 12.0 Å². The van der Waals surface area contributed by atoms with E-state index in [1.54, 1.807) is 21.9 Å². The van der Waals surface area contributed by atoms with Gasteiger partial charge in [-0.1, -0.05) is 127 Å². The first-order chi connectivity index (χ1) is 21.1. The maximum absolute atomic E-state index is 15.1. The molecule has 6 nitrogen and oxygen atoms in total. The zero-order valence-corrected chi connectivity index (χ0v) is 24.3. The van der Waals surface area contributed by atoms with E-state index in [4.69, 9.17) is 4.74 Å². The number of carbonyl (C=O) groups excluding carboxylic acids is 3. The van der Waals surface area contributed by atoms with E-state index < -0.39 is 36.2 Å². The number of methoxy groups -OCH3 is 1. The van der Waals surface area contributed by atoms with Crippen LogP contribution in [-0.2, 0) is 9.53 Å². The SMILES string of the molecule is COC(=O)C1C(C(=O)c2cccs2)N(C(c2ccccc2)c2ccccc2)C(=O)N1C(c1ccccc1)c1ccccc1. The van der Waals surface area contributed by atoms with Crippen molar-refractivity contribution in [3.05, 3.63) is 166 Å². The highest BCUT2D eigenvalue weighted by Crippen LogP contribution is 2.44. The molecule has 1 aliphatic rings. The number of thiophene rings is 1. The zero-order valence-electron chi connectivity index (χ0n) is 23.5. The smallest absolute Gasteiger partial charge is 0.331 e. The summed E-state index contributed by atoms with van der Waals surface area (Å²) in [5.41, 5.74) is 3.28. The van der Waals surface area contributed by atoms with Crippen molar-refractivity contribution in [3.8, 4) is 0 Å². The van der Waals surface area contributed by atoms with Crippen LogP contribution in [0.25, 0.3) is 0 Å². The molecule has 2 atom stereocenters. The first kappa shape index (κ1) is 28.1. The summed E-state index contributed by atoms with van der Waals surface area (Å²) in [6.07, 6.45) is 0. The molecule has 0 aliphatic carbocycles. The molecule has 0 spiro atoms. The molecular formula is C36H30N2O4S. The Morgan fingerprint density at radius 1 is 0.605 bits per heavy atom. The van der Waals surface area contributed by atoms with Gasteiger partial charge in [0.1, 0.15) is 6.04 Å². The van der Waals surface area contributed by atoms with Crippen LogP contribution in [0.4, 0.5) is 4.79 Å². The summed E-state index contributed by atoms with van der Waals surface area (Å²) in [5, 5.41) is 1.82. The van der Waals surface area contributed by atoms with Gasteiger partial charge in [0.25, 0.3) is 0 Å². The predicted molar refractivity (Wildman–Crippen MR) is 167 cm³/mol. The van der Waals surface area contributed by atoms with Crippen molar-refractivity contribution in [1.82, 2.24) is 9.80 Å². The van der Waals surface area contributed by atoms with Crippen molar-refractivity contribution in [2.24, 2.45) is 0 Å². The van der Waals surface area contributed by atoms with Gasteiger partial charge in [0.2, 0.25) is 0 Å². The van der Waals surface area contributed by atoms with E-state index >= 15 is 4.79 Å². The number of rotatable bonds is 9. The van der Waals surface area contributed by atoms with Crippen molar-refractivity contribution in [2.75, 3.05) is 7.11 Å². The molecule has 2 amide bonds. The van der Waals surface area contributed by atoms with Crippen LogP contribution in [0.2, 0.25) is 0 Å². The van der Waals surface area contributed by atoms with Crippen LogP contribution in [0.5, 0.6) is 0 Å². The van der Waals surface area contributed by atoms with E-state index in [-0.39, 0.29) is 5.78 Å². The van der Waals surface area contributed by atoms with Gasteiger partial charge in [-0.2, -0.15) is 0 Å². The maximum atomic E-state index is 15.1. The summed E-state index contributed by atoms with van der Waals surface area (Å²) < 4.78 is 5.36. The Morgan fingerprint density at radius 2 is 1.00 bits per heavy atom. The fourth-order valence-electron chi connectivity index (χ4n) is 5.98. The fraction of sp³-hybridized carbons (Fsp3) is 0.139. The molecule has 1 saturated heterocycles. The highest BCUT2D eigenvalue weighted by Gasteiger charge is 2.58. The molecule has 0 saturated carbocycles. The van der Waals surface area contributed by atoms with E-state index in [1.165, 1.54) is 18.4 Å². The zero-order chi connectivity index (χ0) is 29.8. The van der Waals surface area contributed by atoms with Gasteiger partial charge in [-0.3, -0.25) is 9.69 Å². The maximum Gasteiger partial charge on any atom is 0.331 e. The van der Waals surface area contributed by atoms with Crippen LogP contribution in [0.1, 0.15) is 44.0 Å². The summed E-state index contributed by atoms with van der Waals surface area (Å²) in [6.45, 7) is 0. The molecule has 5 aromatic rings. The Hall–Kier alpha value is -5.01. The summed E-state index contributed by atoms with van der Waals surface area (Å²) >= 11 is 1.29. The highest BCUT2D eigenvalue weighted by molar-refractivity contribution is 7.12. The van der Waals surface area contributed by atoms with Gasteiger partial charge in [-0.25, -0.2) is 9.59 Å². The van der Waals surface area contributed by atoms with Gasteiger partial charge in [0, 0.05) is 0 Å². The third kappa shape index (κ3) is 5.35. The number of benzene rings is 4. The molecule has 2 unspecified atom stereocenters. The number of urea groups is 1. The molecule has 4 aromatic carbocycles. The lowest BCUT2D eigenvalue weighted by molar-refractivity contribution is -0.146. The molecule has 2 heterocycles. The second-order valence-electron chi connectivity index (χ2n) is 10.3. The molecule has 214 valence electrons. The molecule has 1 aromatic heterocycles. The van der Waals surface area contributed by atoms with Crippen LogP contribution in [0.3, 0.4) is 0 Å². The van der Waals surface area contributed by atoms with Gasteiger partial charge < -0.3 is 9.64 Å². The van der Waals surface area contributed by atoms with Crippen molar-refractivity contribution in [1.29, 1.82) is 0 Å². The first-order valence-electron chi connectivity index (χ1n) is 14.1. The molecule has 7 heteroatoms. The summed E-state index contributed by atoms with van der Waals surface area (Å²) in [7, 11) is 1.30. The Morgan fingerprint density at radius 3 is 1.35 bits per heavy atom. The number of carbonyl (C=O) groups is 3. The Balaban J connectivity index is 1.62. The van der Waals surface area contributed by atoms with Gasteiger partial charge in [0.15, 0.2) is 11.8 Å². The summed E-state index contributed by atoms with van der Waals surface area (Å²) in [5.74, 6) is -0.958. The number of esters is 1. The third-order valence-corrected chi connectivity index (χ3v) is 8.72. The third-order valence-electron chi connectivity index (χ3n) is 7.83. The average Bonchev–Trinajstić information content (AvgIpc) is 3.71. The molecule has 0 bridgehead atoms. The first-order valence-corrected chi connectivity index (χ1v) is 14.9. The van der Waals surface area contributed by atoms with Gasteiger partial charge in [0.05, 0.1) is 24.1 Å². The highest BCUT2D eigenvalue weighted by atomic mass is 32.1. The van der Waals surface area contributed by atoms with Crippen molar-refractivity contribution < 1.29 is 19.1 Å². The van der Waals surface area contributed by atoms with Crippen LogP contribution >= 0.6 is 11.3 Å². The molecule has 1 aliphatic heterocycles. The molecule has 0 radical (unpaired) electrons. The number of nitrogens with zero attached hydrogens (tertiary/aromatic N) is 2. The lowest BCUT2D eigenvalue weighted by atomic mass is 9.92. The lowest BCUT2D eigenvalue weighted by Gasteiger charge is -2.33. The predicted octanol–water partition coefficient (Wildman–Crippen LogP) is 7.16. The summed E-state index contributed by atoms with van der Waals surface area (Å²) in [4.78, 5) is 47.1. The minimum Gasteiger partial charge on any atom is -0.467 e. The lowest BCUT2D eigenvalue weighted by Crippen LogP contribution is -2.49. The topological polar surface area (TPSA) is 66.9 Å². The average molecular weight is 587 g/mol.